The van der Waals surface area contributed by atoms with Crippen LogP contribution in [0.2, 0.25) is 0 Å². The molecule has 0 amide bonds. The molecule has 5 nitrogen and oxygen atoms in total. The van der Waals surface area contributed by atoms with Crippen LogP contribution >= 0.6 is 0 Å². The van der Waals surface area contributed by atoms with Gasteiger partial charge < -0.3 is 9.13 Å². The average molecular weight is 792 g/mol. The molecule has 0 unspecified atom stereocenters. The van der Waals surface area contributed by atoms with Gasteiger partial charge >= 0.3 is 0 Å². The quantitative estimate of drug-likeness (QED) is 0.162. The lowest BCUT2D eigenvalue weighted by molar-refractivity contribution is 1.07. The standard InChI is InChI=1S/C57H37N5/c1-4-16-38(17-5-1)39-30-32-40(33-31-39)43-22-14-24-45(36-43)61-49-28-12-10-26-47(49)53-51(61)34-35-52-54(53)48-27-11-13-29-50(48)62(52)46-25-15-23-44(37-46)57-59-55(41-18-6-2-7-19-41)58-56(60-57)42-20-8-3-9-21-42/h1-37H. The molecule has 0 spiro atoms. The molecule has 12 rings (SSSR count). The van der Waals surface area contributed by atoms with Crippen LogP contribution < -0.4 is 0 Å². The molecule has 0 saturated heterocycles. The van der Waals surface area contributed by atoms with Crippen LogP contribution in [-0.4, -0.2) is 24.1 Å². The van der Waals surface area contributed by atoms with Crippen molar-refractivity contribution in [3.63, 3.8) is 0 Å². The minimum Gasteiger partial charge on any atom is -0.309 e. The van der Waals surface area contributed by atoms with Gasteiger partial charge in [-0.05, 0) is 70.8 Å². The average Bonchev–Trinajstić information content (AvgIpc) is 3.88. The molecule has 3 aromatic heterocycles. The van der Waals surface area contributed by atoms with Crippen LogP contribution in [0, 0.1) is 0 Å². The summed E-state index contributed by atoms with van der Waals surface area (Å²) in [6, 6.07) is 79.3. The lowest BCUT2D eigenvalue weighted by Crippen LogP contribution is -2.01. The Hall–Kier alpha value is -8.41. The third kappa shape index (κ3) is 5.98. The number of rotatable bonds is 7. The van der Waals surface area contributed by atoms with Crippen LogP contribution in [0.1, 0.15) is 0 Å². The van der Waals surface area contributed by atoms with E-state index in [4.69, 9.17) is 15.0 Å². The van der Waals surface area contributed by atoms with Crippen molar-refractivity contribution >= 4 is 43.6 Å². The molecule has 0 atom stereocenters. The molecule has 290 valence electrons. The predicted octanol–water partition coefficient (Wildman–Crippen LogP) is 14.4. The van der Waals surface area contributed by atoms with Crippen molar-refractivity contribution in [2.24, 2.45) is 0 Å². The second-order valence-corrected chi connectivity index (χ2v) is 15.6. The van der Waals surface area contributed by atoms with E-state index in [1.54, 1.807) is 0 Å². The summed E-state index contributed by atoms with van der Waals surface area (Å²) in [6.45, 7) is 0. The van der Waals surface area contributed by atoms with Gasteiger partial charge in [0.1, 0.15) is 0 Å². The molecule has 0 saturated carbocycles. The zero-order valence-electron chi connectivity index (χ0n) is 33.6. The molecule has 0 radical (unpaired) electrons. The zero-order chi connectivity index (χ0) is 41.0. The van der Waals surface area contributed by atoms with E-state index in [9.17, 15) is 0 Å². The van der Waals surface area contributed by atoms with Gasteiger partial charge in [0.25, 0.3) is 0 Å². The Morgan fingerprint density at radius 3 is 1.10 bits per heavy atom. The van der Waals surface area contributed by atoms with Gasteiger partial charge in [-0.2, -0.15) is 0 Å². The van der Waals surface area contributed by atoms with Gasteiger partial charge in [-0.25, -0.2) is 15.0 Å². The highest BCUT2D eigenvalue weighted by Crippen LogP contribution is 2.43. The zero-order valence-corrected chi connectivity index (χ0v) is 33.6. The van der Waals surface area contributed by atoms with Crippen LogP contribution in [0.3, 0.4) is 0 Å². The number of hydrogen-bond acceptors (Lipinski definition) is 3. The van der Waals surface area contributed by atoms with Crippen molar-refractivity contribution in [3.8, 4) is 67.8 Å². The first kappa shape index (κ1) is 35.5. The van der Waals surface area contributed by atoms with E-state index in [-0.39, 0.29) is 0 Å². The molecule has 5 heteroatoms. The molecule has 62 heavy (non-hydrogen) atoms. The highest BCUT2D eigenvalue weighted by atomic mass is 15.0. The Kier molecular flexibility index (Phi) is 8.42. The summed E-state index contributed by atoms with van der Waals surface area (Å²) < 4.78 is 4.81. The van der Waals surface area contributed by atoms with Gasteiger partial charge in [0.2, 0.25) is 0 Å². The predicted molar refractivity (Wildman–Crippen MR) is 256 cm³/mol. The maximum Gasteiger partial charge on any atom is 0.164 e. The van der Waals surface area contributed by atoms with Crippen molar-refractivity contribution in [2.75, 3.05) is 0 Å². The number of fused-ring (bicyclic) bond motifs is 7. The van der Waals surface area contributed by atoms with Crippen LogP contribution in [0.15, 0.2) is 224 Å². The van der Waals surface area contributed by atoms with Gasteiger partial charge in [0, 0.05) is 49.6 Å². The largest absolute Gasteiger partial charge is 0.309 e. The lowest BCUT2D eigenvalue weighted by atomic mass is 10.00. The first-order valence-corrected chi connectivity index (χ1v) is 20.9. The fourth-order valence-electron chi connectivity index (χ4n) is 9.11. The van der Waals surface area contributed by atoms with Crippen LogP contribution in [0.25, 0.3) is 111 Å². The third-order valence-corrected chi connectivity index (χ3v) is 12.0. The first-order chi connectivity index (χ1) is 30.7. The Morgan fingerprint density at radius 1 is 0.242 bits per heavy atom. The van der Waals surface area contributed by atoms with E-state index in [0.29, 0.717) is 17.5 Å². The third-order valence-electron chi connectivity index (χ3n) is 12.0. The number of benzene rings is 9. The van der Waals surface area contributed by atoms with Gasteiger partial charge in [-0.1, -0.05) is 176 Å². The second-order valence-electron chi connectivity index (χ2n) is 15.6. The minimum absolute atomic E-state index is 0.625. The number of aromatic nitrogens is 5. The molecular weight excluding hydrogens is 755 g/mol. The second kappa shape index (κ2) is 14.7. The topological polar surface area (TPSA) is 48.5 Å². The molecule has 0 fully saturated rings. The number of para-hydroxylation sites is 2. The van der Waals surface area contributed by atoms with Crippen molar-refractivity contribution in [3.05, 3.63) is 224 Å². The summed E-state index contributed by atoms with van der Waals surface area (Å²) in [5.41, 5.74) is 14.4. The summed E-state index contributed by atoms with van der Waals surface area (Å²) >= 11 is 0. The van der Waals surface area contributed by atoms with E-state index >= 15 is 0 Å². The van der Waals surface area contributed by atoms with Crippen LogP contribution in [-0.2, 0) is 0 Å². The monoisotopic (exact) mass is 791 g/mol. The number of hydrogen-bond donors (Lipinski definition) is 0. The highest BCUT2D eigenvalue weighted by molar-refractivity contribution is 6.29. The van der Waals surface area contributed by atoms with Crippen LogP contribution in [0.4, 0.5) is 0 Å². The minimum atomic E-state index is 0.625. The Bertz CT molecular complexity index is 3550. The number of nitrogens with zero attached hydrogens (tertiary/aromatic N) is 5. The van der Waals surface area contributed by atoms with Crippen molar-refractivity contribution in [1.82, 2.24) is 24.1 Å². The van der Waals surface area contributed by atoms with Crippen molar-refractivity contribution in [1.29, 1.82) is 0 Å². The van der Waals surface area contributed by atoms with E-state index in [0.717, 1.165) is 39.1 Å². The Labute approximate surface area is 358 Å². The smallest absolute Gasteiger partial charge is 0.164 e. The molecule has 12 aromatic rings. The molecule has 0 aliphatic carbocycles. The van der Waals surface area contributed by atoms with Crippen molar-refractivity contribution < 1.29 is 0 Å². The summed E-state index contributed by atoms with van der Waals surface area (Å²) in [7, 11) is 0. The maximum atomic E-state index is 5.06. The SMILES string of the molecule is c1ccc(-c2ccc(-c3cccc(-n4c5ccccc5c5c6c7ccccc7n(-c7cccc(-c8nc(-c9ccccc9)nc(-c9ccccc9)n8)c7)c6ccc54)c3)cc2)cc1. The Balaban J connectivity index is 1.02. The van der Waals surface area contributed by atoms with E-state index < -0.39 is 0 Å². The van der Waals surface area contributed by atoms with Crippen molar-refractivity contribution in [2.45, 2.75) is 0 Å². The summed E-state index contributed by atoms with van der Waals surface area (Å²) in [4.78, 5) is 15.1. The normalized spacial score (nSPS) is 11.5. The van der Waals surface area contributed by atoms with E-state index in [1.807, 2.05) is 60.7 Å². The van der Waals surface area contributed by atoms with E-state index in [1.165, 1.54) is 54.8 Å². The summed E-state index contributed by atoms with van der Waals surface area (Å²) in [6.07, 6.45) is 0. The van der Waals surface area contributed by atoms with Gasteiger partial charge in [0.05, 0.1) is 22.1 Å². The first-order valence-electron chi connectivity index (χ1n) is 20.9. The van der Waals surface area contributed by atoms with Gasteiger partial charge in [-0.15, -0.1) is 0 Å². The van der Waals surface area contributed by atoms with E-state index in [2.05, 4.69) is 173 Å². The molecule has 3 heterocycles. The Morgan fingerprint density at radius 2 is 0.597 bits per heavy atom. The fraction of sp³-hybridized carbons (Fsp3) is 0. The molecule has 0 N–H and O–H groups in total. The van der Waals surface area contributed by atoms with Gasteiger partial charge in [0.15, 0.2) is 17.5 Å². The highest BCUT2D eigenvalue weighted by Gasteiger charge is 2.21. The fourth-order valence-corrected chi connectivity index (χ4v) is 9.11. The molecular formula is C57H37N5. The maximum absolute atomic E-state index is 5.06. The molecule has 9 aromatic carbocycles. The summed E-state index contributed by atoms with van der Waals surface area (Å²) in [5, 5.41) is 4.88. The lowest BCUT2D eigenvalue weighted by Gasteiger charge is -2.12. The molecule has 0 bridgehead atoms. The van der Waals surface area contributed by atoms with Crippen LogP contribution in [0.5, 0.6) is 0 Å². The summed E-state index contributed by atoms with van der Waals surface area (Å²) in [5.74, 6) is 1.91. The van der Waals surface area contributed by atoms with Gasteiger partial charge in [-0.3, -0.25) is 0 Å². The molecule has 0 aliphatic rings. The molecule has 0 aliphatic heterocycles.